The van der Waals surface area contributed by atoms with Gasteiger partial charge < -0.3 is 4.74 Å². The molecule has 0 saturated carbocycles. The standard InChI is InChI=1S/C14H22ClNO3S/c1-5-11(2)10-16(3)20(17,18)14-8-12(9-15)6-7-13(14)19-4/h6-8,11H,5,9-10H2,1-4H3. The smallest absolute Gasteiger partial charge is 0.246 e. The van der Waals surface area contributed by atoms with E-state index in [1.165, 1.54) is 11.4 Å². The first-order chi connectivity index (χ1) is 9.36. The average Bonchev–Trinajstić information content (AvgIpc) is 2.46. The normalized spacial score (nSPS) is 13.5. The van der Waals surface area contributed by atoms with E-state index in [0.29, 0.717) is 18.2 Å². The Morgan fingerprint density at radius 3 is 2.55 bits per heavy atom. The highest BCUT2D eigenvalue weighted by atomic mass is 35.5. The van der Waals surface area contributed by atoms with E-state index >= 15 is 0 Å². The molecule has 0 radical (unpaired) electrons. The molecule has 114 valence electrons. The van der Waals surface area contributed by atoms with Gasteiger partial charge in [-0.2, -0.15) is 0 Å². The van der Waals surface area contributed by atoms with Crippen LogP contribution in [0, 0.1) is 5.92 Å². The largest absolute Gasteiger partial charge is 0.495 e. The second-order valence-corrected chi connectivity index (χ2v) is 7.20. The van der Waals surface area contributed by atoms with Crippen molar-refractivity contribution in [3.8, 4) is 5.75 Å². The van der Waals surface area contributed by atoms with Crippen LogP contribution in [-0.4, -0.2) is 33.4 Å². The van der Waals surface area contributed by atoms with Gasteiger partial charge in [-0.1, -0.05) is 26.3 Å². The van der Waals surface area contributed by atoms with Gasteiger partial charge >= 0.3 is 0 Å². The molecular formula is C14H22ClNO3S. The van der Waals surface area contributed by atoms with Crippen LogP contribution in [0.5, 0.6) is 5.75 Å². The molecule has 0 amide bonds. The number of alkyl halides is 1. The van der Waals surface area contributed by atoms with Gasteiger partial charge in [0.25, 0.3) is 0 Å². The van der Waals surface area contributed by atoms with Crippen LogP contribution < -0.4 is 4.74 Å². The fourth-order valence-corrected chi connectivity index (χ4v) is 3.50. The van der Waals surface area contributed by atoms with E-state index in [4.69, 9.17) is 16.3 Å². The minimum atomic E-state index is -3.57. The second-order valence-electron chi connectivity index (χ2n) is 4.92. The molecule has 0 aliphatic heterocycles. The Bertz CT molecular complexity index is 545. The molecule has 1 aromatic carbocycles. The number of nitrogens with zero attached hydrogens (tertiary/aromatic N) is 1. The topological polar surface area (TPSA) is 46.6 Å². The van der Waals surface area contributed by atoms with Gasteiger partial charge in [0.05, 0.1) is 7.11 Å². The Morgan fingerprint density at radius 2 is 2.05 bits per heavy atom. The van der Waals surface area contributed by atoms with E-state index in [-0.39, 0.29) is 10.8 Å². The van der Waals surface area contributed by atoms with Crippen LogP contribution >= 0.6 is 11.6 Å². The van der Waals surface area contributed by atoms with Gasteiger partial charge in [0, 0.05) is 19.5 Å². The van der Waals surface area contributed by atoms with Crippen molar-refractivity contribution < 1.29 is 13.2 Å². The summed E-state index contributed by atoms with van der Waals surface area (Å²) in [6, 6.07) is 4.98. The fraction of sp³-hybridized carbons (Fsp3) is 0.571. The highest BCUT2D eigenvalue weighted by Gasteiger charge is 2.26. The minimum Gasteiger partial charge on any atom is -0.495 e. The minimum absolute atomic E-state index is 0.170. The van der Waals surface area contributed by atoms with Gasteiger partial charge in [0.2, 0.25) is 10.0 Å². The summed E-state index contributed by atoms with van der Waals surface area (Å²) in [4.78, 5) is 0.170. The molecule has 0 bridgehead atoms. The van der Waals surface area contributed by atoms with Crippen molar-refractivity contribution in [2.24, 2.45) is 5.92 Å². The molecule has 1 atom stereocenters. The molecule has 0 aromatic heterocycles. The van der Waals surface area contributed by atoms with Gasteiger partial charge in [0.15, 0.2) is 0 Å². The van der Waals surface area contributed by atoms with Gasteiger partial charge in [-0.25, -0.2) is 12.7 Å². The number of benzene rings is 1. The van der Waals surface area contributed by atoms with E-state index in [2.05, 4.69) is 0 Å². The van der Waals surface area contributed by atoms with Crippen molar-refractivity contribution in [2.75, 3.05) is 20.7 Å². The third-order valence-corrected chi connectivity index (χ3v) is 5.49. The van der Waals surface area contributed by atoms with Gasteiger partial charge in [0.1, 0.15) is 10.6 Å². The summed E-state index contributed by atoms with van der Waals surface area (Å²) in [5.74, 6) is 0.911. The van der Waals surface area contributed by atoms with Gasteiger partial charge in [-0.15, -0.1) is 11.6 Å². The monoisotopic (exact) mass is 319 g/mol. The van der Waals surface area contributed by atoms with Crippen molar-refractivity contribution >= 4 is 21.6 Å². The molecule has 4 nitrogen and oxygen atoms in total. The number of hydrogen-bond donors (Lipinski definition) is 0. The highest BCUT2D eigenvalue weighted by Crippen LogP contribution is 2.28. The van der Waals surface area contributed by atoms with Crippen LogP contribution in [0.4, 0.5) is 0 Å². The molecule has 0 fully saturated rings. The van der Waals surface area contributed by atoms with Crippen molar-refractivity contribution in [2.45, 2.75) is 31.0 Å². The van der Waals surface area contributed by atoms with Crippen LogP contribution in [0.1, 0.15) is 25.8 Å². The van der Waals surface area contributed by atoms with E-state index in [9.17, 15) is 8.42 Å². The summed E-state index contributed by atoms with van der Waals surface area (Å²) in [6.45, 7) is 4.55. The number of rotatable bonds is 7. The fourth-order valence-electron chi connectivity index (χ4n) is 1.84. The zero-order chi connectivity index (χ0) is 15.3. The lowest BCUT2D eigenvalue weighted by molar-refractivity contribution is 0.381. The Balaban J connectivity index is 3.19. The lowest BCUT2D eigenvalue weighted by Crippen LogP contribution is -2.31. The Kier molecular flexibility index (Phi) is 6.30. The maximum Gasteiger partial charge on any atom is 0.246 e. The predicted octanol–water partition coefficient (Wildman–Crippen LogP) is 3.10. The Morgan fingerprint density at radius 1 is 1.40 bits per heavy atom. The number of hydrogen-bond acceptors (Lipinski definition) is 3. The zero-order valence-electron chi connectivity index (χ0n) is 12.4. The number of methoxy groups -OCH3 is 1. The molecule has 0 saturated heterocycles. The van der Waals surface area contributed by atoms with Crippen molar-refractivity contribution in [3.63, 3.8) is 0 Å². The first kappa shape index (κ1) is 17.3. The maximum absolute atomic E-state index is 12.6. The number of sulfonamides is 1. The van der Waals surface area contributed by atoms with E-state index in [0.717, 1.165) is 12.0 Å². The molecule has 1 rings (SSSR count). The summed E-state index contributed by atoms with van der Waals surface area (Å²) >= 11 is 5.78. The molecule has 0 aliphatic carbocycles. The van der Waals surface area contributed by atoms with Gasteiger partial charge in [-0.05, 0) is 23.6 Å². The molecule has 1 aromatic rings. The van der Waals surface area contributed by atoms with Crippen LogP contribution in [-0.2, 0) is 15.9 Å². The van der Waals surface area contributed by atoms with Crippen molar-refractivity contribution in [3.05, 3.63) is 23.8 Å². The van der Waals surface area contributed by atoms with Crippen LogP contribution in [0.2, 0.25) is 0 Å². The maximum atomic E-state index is 12.6. The summed E-state index contributed by atoms with van der Waals surface area (Å²) in [5.41, 5.74) is 0.753. The Hall–Kier alpha value is -0.780. The number of halogens is 1. The summed E-state index contributed by atoms with van der Waals surface area (Å²) in [6.07, 6.45) is 0.929. The summed E-state index contributed by atoms with van der Waals surface area (Å²) in [5, 5.41) is 0. The molecular weight excluding hydrogens is 298 g/mol. The van der Waals surface area contributed by atoms with E-state index in [1.54, 1.807) is 25.2 Å². The lowest BCUT2D eigenvalue weighted by atomic mass is 10.1. The summed E-state index contributed by atoms with van der Waals surface area (Å²) < 4.78 is 31.8. The summed E-state index contributed by atoms with van der Waals surface area (Å²) in [7, 11) is -0.517. The van der Waals surface area contributed by atoms with Crippen LogP contribution in [0.15, 0.2) is 23.1 Å². The van der Waals surface area contributed by atoms with Gasteiger partial charge in [-0.3, -0.25) is 0 Å². The quantitative estimate of drug-likeness (QED) is 0.725. The molecule has 0 spiro atoms. The van der Waals surface area contributed by atoms with Crippen LogP contribution in [0.3, 0.4) is 0 Å². The zero-order valence-corrected chi connectivity index (χ0v) is 14.0. The highest BCUT2D eigenvalue weighted by molar-refractivity contribution is 7.89. The van der Waals surface area contributed by atoms with Crippen molar-refractivity contribution in [1.82, 2.24) is 4.31 Å². The molecule has 6 heteroatoms. The van der Waals surface area contributed by atoms with E-state index in [1.807, 2.05) is 13.8 Å². The average molecular weight is 320 g/mol. The number of ether oxygens (including phenoxy) is 1. The first-order valence-corrected chi connectivity index (χ1v) is 8.53. The third-order valence-electron chi connectivity index (χ3n) is 3.34. The lowest BCUT2D eigenvalue weighted by Gasteiger charge is -2.22. The third kappa shape index (κ3) is 3.87. The first-order valence-electron chi connectivity index (χ1n) is 6.56. The molecule has 0 N–H and O–H groups in total. The predicted molar refractivity (Wildman–Crippen MR) is 81.8 cm³/mol. The van der Waals surface area contributed by atoms with Crippen LogP contribution in [0.25, 0.3) is 0 Å². The van der Waals surface area contributed by atoms with Crippen molar-refractivity contribution in [1.29, 1.82) is 0 Å². The second kappa shape index (κ2) is 7.29. The molecule has 1 unspecified atom stereocenters. The van der Waals surface area contributed by atoms with E-state index < -0.39 is 10.0 Å². The molecule has 20 heavy (non-hydrogen) atoms. The SMILES string of the molecule is CCC(C)CN(C)S(=O)(=O)c1cc(CCl)ccc1OC. The Labute approximate surface area is 126 Å². The molecule has 0 heterocycles. The molecule has 0 aliphatic rings.